The predicted molar refractivity (Wildman–Crippen MR) is 114 cm³/mol. The van der Waals surface area contributed by atoms with E-state index in [0.717, 1.165) is 58.2 Å². The van der Waals surface area contributed by atoms with Gasteiger partial charge in [0.05, 0.1) is 13.2 Å². The van der Waals surface area contributed by atoms with Crippen LogP contribution in [0.25, 0.3) is 0 Å². The summed E-state index contributed by atoms with van der Waals surface area (Å²) in [5.74, 6) is 1.44. The molecule has 2 aliphatic heterocycles. The van der Waals surface area contributed by atoms with E-state index in [9.17, 15) is 4.39 Å². The lowest BCUT2D eigenvalue weighted by Gasteiger charge is -2.34. The van der Waals surface area contributed by atoms with Crippen LogP contribution in [0, 0.1) is 11.7 Å². The molecule has 7 heteroatoms. The Morgan fingerprint density at radius 1 is 1.31 bits per heavy atom. The largest absolute Gasteiger partial charge is 0.486 e. The van der Waals surface area contributed by atoms with E-state index in [2.05, 4.69) is 27.4 Å². The number of hydrogen-bond donors (Lipinski definition) is 2. The monoisotopic (exact) mass is 406 g/mol. The van der Waals surface area contributed by atoms with Crippen molar-refractivity contribution in [3.8, 4) is 5.75 Å². The first-order valence-corrected chi connectivity index (χ1v) is 10.9. The SMILES string of the molecule is CCNC(=NCC(C)Oc1ccccc1F)NC1CCN(CC2CCOC2)CC1. The molecule has 0 aliphatic carbocycles. The molecule has 2 saturated heterocycles. The highest BCUT2D eigenvalue weighted by molar-refractivity contribution is 5.80. The van der Waals surface area contributed by atoms with E-state index in [1.807, 2.05) is 6.92 Å². The molecule has 2 heterocycles. The minimum absolute atomic E-state index is 0.210. The minimum Gasteiger partial charge on any atom is -0.486 e. The van der Waals surface area contributed by atoms with Gasteiger partial charge in [-0.05, 0) is 51.2 Å². The highest BCUT2D eigenvalue weighted by atomic mass is 19.1. The molecule has 2 N–H and O–H groups in total. The first-order chi connectivity index (χ1) is 14.1. The maximum atomic E-state index is 13.7. The molecule has 0 aromatic heterocycles. The number of benzene rings is 1. The summed E-state index contributed by atoms with van der Waals surface area (Å²) in [6, 6.07) is 6.90. The molecule has 162 valence electrons. The summed E-state index contributed by atoms with van der Waals surface area (Å²) >= 11 is 0. The quantitative estimate of drug-likeness (QED) is 0.514. The minimum atomic E-state index is -0.343. The molecule has 0 saturated carbocycles. The number of ether oxygens (including phenoxy) is 2. The van der Waals surface area contributed by atoms with Crippen LogP contribution in [-0.4, -0.2) is 68.9 Å². The van der Waals surface area contributed by atoms with Gasteiger partial charge in [0.15, 0.2) is 17.5 Å². The number of likely N-dealkylation sites (tertiary alicyclic amines) is 1. The second-order valence-corrected chi connectivity index (χ2v) is 8.03. The van der Waals surface area contributed by atoms with Crippen molar-refractivity contribution in [2.45, 2.75) is 45.3 Å². The van der Waals surface area contributed by atoms with E-state index in [-0.39, 0.29) is 17.7 Å². The van der Waals surface area contributed by atoms with Crippen molar-refractivity contribution in [3.05, 3.63) is 30.1 Å². The fourth-order valence-corrected chi connectivity index (χ4v) is 3.88. The van der Waals surface area contributed by atoms with Gasteiger partial charge in [0.2, 0.25) is 0 Å². The Kier molecular flexibility index (Phi) is 8.55. The Balaban J connectivity index is 1.43. The molecule has 2 fully saturated rings. The third kappa shape index (κ3) is 7.16. The summed E-state index contributed by atoms with van der Waals surface area (Å²) in [6.07, 6.45) is 3.21. The molecule has 0 amide bonds. The molecular formula is C22H35FN4O2. The van der Waals surface area contributed by atoms with Crippen LogP contribution in [-0.2, 0) is 4.74 Å². The normalized spacial score (nSPS) is 22.4. The molecule has 1 aromatic carbocycles. The molecule has 2 aliphatic rings. The molecular weight excluding hydrogens is 371 g/mol. The van der Waals surface area contributed by atoms with Gasteiger partial charge in [-0.15, -0.1) is 0 Å². The zero-order valence-electron chi connectivity index (χ0n) is 17.7. The molecule has 0 spiro atoms. The van der Waals surface area contributed by atoms with Gasteiger partial charge in [0, 0.05) is 38.8 Å². The van der Waals surface area contributed by atoms with E-state index in [1.165, 1.54) is 12.5 Å². The number of guanidine groups is 1. The van der Waals surface area contributed by atoms with Crippen molar-refractivity contribution in [3.63, 3.8) is 0 Å². The molecule has 1 aromatic rings. The highest BCUT2D eigenvalue weighted by Crippen LogP contribution is 2.18. The van der Waals surface area contributed by atoms with Gasteiger partial charge in [0.1, 0.15) is 6.10 Å². The van der Waals surface area contributed by atoms with Gasteiger partial charge in [-0.2, -0.15) is 0 Å². The van der Waals surface area contributed by atoms with Gasteiger partial charge in [-0.1, -0.05) is 12.1 Å². The maximum Gasteiger partial charge on any atom is 0.191 e. The topological polar surface area (TPSA) is 58.1 Å². The average Bonchev–Trinajstić information content (AvgIpc) is 3.23. The van der Waals surface area contributed by atoms with E-state index in [0.29, 0.717) is 18.5 Å². The van der Waals surface area contributed by atoms with Crippen LogP contribution in [0.3, 0.4) is 0 Å². The number of halogens is 1. The first kappa shape index (κ1) is 21.8. The summed E-state index contributed by atoms with van der Waals surface area (Å²) < 4.78 is 24.9. The van der Waals surface area contributed by atoms with Crippen molar-refractivity contribution < 1.29 is 13.9 Å². The van der Waals surface area contributed by atoms with Crippen LogP contribution in [0.5, 0.6) is 5.75 Å². The highest BCUT2D eigenvalue weighted by Gasteiger charge is 2.24. The first-order valence-electron chi connectivity index (χ1n) is 10.9. The van der Waals surface area contributed by atoms with Crippen molar-refractivity contribution >= 4 is 5.96 Å². The maximum absolute atomic E-state index is 13.7. The van der Waals surface area contributed by atoms with Crippen molar-refractivity contribution in [2.75, 3.05) is 45.9 Å². The second-order valence-electron chi connectivity index (χ2n) is 8.03. The molecule has 29 heavy (non-hydrogen) atoms. The fraction of sp³-hybridized carbons (Fsp3) is 0.682. The Bertz CT molecular complexity index is 643. The zero-order chi connectivity index (χ0) is 20.5. The third-order valence-electron chi connectivity index (χ3n) is 5.48. The van der Waals surface area contributed by atoms with Gasteiger partial charge in [-0.3, -0.25) is 0 Å². The molecule has 0 radical (unpaired) electrons. The Hall–Kier alpha value is -1.86. The van der Waals surface area contributed by atoms with Crippen LogP contribution in [0.4, 0.5) is 4.39 Å². The predicted octanol–water partition coefficient (Wildman–Crippen LogP) is 2.65. The number of nitrogens with one attached hydrogen (secondary N) is 2. The molecule has 3 rings (SSSR count). The van der Waals surface area contributed by atoms with E-state index in [1.54, 1.807) is 18.2 Å². The number of aliphatic imine (C=N–C) groups is 1. The van der Waals surface area contributed by atoms with Crippen LogP contribution in [0.15, 0.2) is 29.3 Å². The average molecular weight is 407 g/mol. The smallest absolute Gasteiger partial charge is 0.191 e. The lowest BCUT2D eigenvalue weighted by atomic mass is 10.0. The summed E-state index contributed by atoms with van der Waals surface area (Å²) in [4.78, 5) is 7.21. The van der Waals surface area contributed by atoms with Gasteiger partial charge in [0.25, 0.3) is 0 Å². The van der Waals surface area contributed by atoms with Gasteiger partial charge < -0.3 is 25.0 Å². The number of para-hydroxylation sites is 1. The summed E-state index contributed by atoms with van der Waals surface area (Å²) in [7, 11) is 0. The summed E-state index contributed by atoms with van der Waals surface area (Å²) in [5.41, 5.74) is 0. The van der Waals surface area contributed by atoms with Gasteiger partial charge >= 0.3 is 0 Å². The number of rotatable bonds is 8. The Morgan fingerprint density at radius 3 is 2.79 bits per heavy atom. The van der Waals surface area contributed by atoms with Crippen LogP contribution in [0.2, 0.25) is 0 Å². The van der Waals surface area contributed by atoms with Crippen molar-refractivity contribution in [1.82, 2.24) is 15.5 Å². The van der Waals surface area contributed by atoms with E-state index in [4.69, 9.17) is 9.47 Å². The molecule has 0 bridgehead atoms. The van der Waals surface area contributed by atoms with E-state index < -0.39 is 0 Å². The van der Waals surface area contributed by atoms with Crippen molar-refractivity contribution in [2.24, 2.45) is 10.9 Å². The standard InChI is InChI=1S/C22H35FN4O2/c1-3-24-22(25-14-17(2)29-21-7-5-4-6-20(21)23)26-19-8-11-27(12-9-19)15-18-10-13-28-16-18/h4-7,17-19H,3,8-16H2,1-2H3,(H2,24,25,26). The Labute approximate surface area is 173 Å². The summed E-state index contributed by atoms with van der Waals surface area (Å²) in [6.45, 7) is 10.5. The van der Waals surface area contributed by atoms with Crippen molar-refractivity contribution in [1.29, 1.82) is 0 Å². The zero-order valence-corrected chi connectivity index (χ0v) is 17.7. The van der Waals surface area contributed by atoms with Gasteiger partial charge in [-0.25, -0.2) is 9.38 Å². The van der Waals surface area contributed by atoms with Crippen LogP contribution >= 0.6 is 0 Å². The second kappa shape index (κ2) is 11.4. The van der Waals surface area contributed by atoms with E-state index >= 15 is 0 Å². The molecule has 2 unspecified atom stereocenters. The molecule has 6 nitrogen and oxygen atoms in total. The molecule has 2 atom stereocenters. The lowest BCUT2D eigenvalue weighted by molar-refractivity contribution is 0.150. The number of piperidine rings is 1. The number of nitrogens with zero attached hydrogens (tertiary/aromatic N) is 2. The lowest BCUT2D eigenvalue weighted by Crippen LogP contribution is -2.49. The fourth-order valence-electron chi connectivity index (χ4n) is 3.88. The summed E-state index contributed by atoms with van der Waals surface area (Å²) in [5, 5.41) is 6.87. The van der Waals surface area contributed by atoms with Crippen LogP contribution < -0.4 is 15.4 Å². The van der Waals surface area contributed by atoms with Crippen LogP contribution in [0.1, 0.15) is 33.1 Å². The third-order valence-corrected chi connectivity index (χ3v) is 5.48. The number of hydrogen-bond acceptors (Lipinski definition) is 4. The Morgan fingerprint density at radius 2 is 2.10 bits per heavy atom.